The van der Waals surface area contributed by atoms with Crippen molar-refractivity contribution in [2.24, 2.45) is 0 Å². The van der Waals surface area contributed by atoms with Crippen molar-refractivity contribution in [3.8, 4) is 0 Å². The summed E-state index contributed by atoms with van der Waals surface area (Å²) in [7, 11) is 0. The number of carboxylic acid groups (broad SMARTS) is 1. The van der Waals surface area contributed by atoms with Crippen LogP contribution in [0.25, 0.3) is 0 Å². The number of halogens is 2. The molecule has 1 atom stereocenters. The Morgan fingerprint density at radius 1 is 1.16 bits per heavy atom. The van der Waals surface area contributed by atoms with Crippen molar-refractivity contribution < 1.29 is 14.7 Å². The van der Waals surface area contributed by atoms with E-state index in [1.54, 1.807) is 48.5 Å². The molecular formula is C23H23Cl2N3O3. The number of aromatic nitrogens is 2. The van der Waals surface area contributed by atoms with Gasteiger partial charge in [0.25, 0.3) is 5.91 Å². The molecule has 2 N–H and O–H groups in total. The molecule has 0 fully saturated rings. The molecule has 8 heteroatoms. The first-order chi connectivity index (χ1) is 14.9. The summed E-state index contributed by atoms with van der Waals surface area (Å²) in [5, 5.41) is 10.3. The van der Waals surface area contributed by atoms with Crippen molar-refractivity contribution in [2.75, 3.05) is 6.54 Å². The zero-order chi connectivity index (χ0) is 22.7. The molecular weight excluding hydrogens is 437 g/mol. The first-order valence-corrected chi connectivity index (χ1v) is 10.7. The van der Waals surface area contributed by atoms with Gasteiger partial charge in [0.2, 0.25) is 0 Å². The van der Waals surface area contributed by atoms with E-state index in [-0.39, 0.29) is 11.1 Å². The van der Waals surface area contributed by atoms with Crippen LogP contribution in [0.2, 0.25) is 10.0 Å². The van der Waals surface area contributed by atoms with Gasteiger partial charge in [0.1, 0.15) is 6.04 Å². The molecule has 1 amide bonds. The highest BCUT2D eigenvalue weighted by Crippen LogP contribution is 2.40. The van der Waals surface area contributed by atoms with Crippen molar-refractivity contribution in [2.45, 2.75) is 33.2 Å². The normalized spacial score (nSPS) is 15.0. The molecule has 0 bridgehead atoms. The van der Waals surface area contributed by atoms with Gasteiger partial charge >= 0.3 is 5.97 Å². The first-order valence-electron chi connectivity index (χ1n) is 9.99. The summed E-state index contributed by atoms with van der Waals surface area (Å²) in [6.45, 7) is 6.17. The molecule has 0 aliphatic carbocycles. The molecule has 0 spiro atoms. The Bertz CT molecular complexity index is 1130. The van der Waals surface area contributed by atoms with Gasteiger partial charge in [0, 0.05) is 24.2 Å². The van der Waals surface area contributed by atoms with Crippen LogP contribution in [0, 0.1) is 6.92 Å². The summed E-state index contributed by atoms with van der Waals surface area (Å²) in [6, 6.07) is 9.45. The molecule has 0 saturated heterocycles. The lowest BCUT2D eigenvalue weighted by atomic mass is 9.93. The second kappa shape index (κ2) is 9.54. The van der Waals surface area contributed by atoms with Crippen LogP contribution in [-0.2, 0) is 6.42 Å². The molecule has 2 heterocycles. The zero-order valence-corrected chi connectivity index (χ0v) is 19.0. The van der Waals surface area contributed by atoms with E-state index in [4.69, 9.17) is 23.2 Å². The fraction of sp³-hybridized carbons (Fsp3) is 0.261. The molecule has 1 aromatic heterocycles. The molecule has 6 nitrogen and oxygen atoms in total. The van der Waals surface area contributed by atoms with Crippen LogP contribution in [0.4, 0.5) is 0 Å². The van der Waals surface area contributed by atoms with Crippen molar-refractivity contribution in [1.82, 2.24) is 14.9 Å². The van der Waals surface area contributed by atoms with Crippen molar-refractivity contribution in [1.29, 1.82) is 0 Å². The SMILES string of the molecule is CC.Cc1ccc(C(=O)N2CCc3[nH]cnc3C2c2cccc(Cl)c2Cl)c(C(=O)O)c1. The number of carbonyl (C=O) groups excluding carboxylic acids is 1. The van der Waals surface area contributed by atoms with Gasteiger partial charge in [0.15, 0.2) is 0 Å². The van der Waals surface area contributed by atoms with Crippen molar-refractivity contribution >= 4 is 35.1 Å². The number of hydrogen-bond donors (Lipinski definition) is 2. The third-order valence-corrected chi connectivity index (χ3v) is 5.93. The second-order valence-corrected chi connectivity index (χ2v) is 7.70. The molecule has 31 heavy (non-hydrogen) atoms. The highest BCUT2D eigenvalue weighted by Gasteiger charge is 2.37. The summed E-state index contributed by atoms with van der Waals surface area (Å²) in [5.74, 6) is -1.54. The Balaban J connectivity index is 0.00000132. The number of H-pyrrole nitrogens is 1. The number of carboxylic acids is 1. The molecule has 2 aromatic carbocycles. The maximum Gasteiger partial charge on any atom is 0.336 e. The zero-order valence-electron chi connectivity index (χ0n) is 17.4. The number of amides is 1. The first kappa shape index (κ1) is 22.8. The lowest BCUT2D eigenvalue weighted by molar-refractivity contribution is 0.0651. The van der Waals surface area contributed by atoms with E-state index in [0.717, 1.165) is 11.3 Å². The standard InChI is InChI=1S/C21H17Cl2N3O3.C2H6/c1-11-5-6-12(14(9-11)21(28)29)20(27)26-8-7-16-18(25-10-24-16)19(26)13-3-2-4-15(22)17(13)23;1-2/h2-6,9-10,19H,7-8H2,1H3,(H,24,25)(H,28,29);1-2H3. The number of fused-ring (bicyclic) bond motifs is 1. The highest BCUT2D eigenvalue weighted by atomic mass is 35.5. The molecule has 1 aliphatic rings. The Hall–Kier alpha value is -2.83. The Morgan fingerprint density at radius 3 is 2.61 bits per heavy atom. The number of aromatic amines is 1. The lowest BCUT2D eigenvalue weighted by Crippen LogP contribution is -2.41. The van der Waals surface area contributed by atoms with Crippen LogP contribution in [0.3, 0.4) is 0 Å². The summed E-state index contributed by atoms with van der Waals surface area (Å²) in [6.07, 6.45) is 2.16. The summed E-state index contributed by atoms with van der Waals surface area (Å²) >= 11 is 12.7. The van der Waals surface area contributed by atoms with E-state index in [2.05, 4.69) is 9.97 Å². The minimum absolute atomic E-state index is 0.0289. The predicted molar refractivity (Wildman–Crippen MR) is 121 cm³/mol. The monoisotopic (exact) mass is 459 g/mol. The molecule has 0 saturated carbocycles. The number of aryl methyl sites for hydroxylation is 1. The molecule has 3 aromatic rings. The van der Waals surface area contributed by atoms with E-state index >= 15 is 0 Å². The molecule has 0 radical (unpaired) electrons. The smallest absolute Gasteiger partial charge is 0.336 e. The number of nitrogens with one attached hydrogen (secondary N) is 1. The number of carbonyl (C=O) groups is 2. The van der Waals surface area contributed by atoms with Crippen LogP contribution in [0.5, 0.6) is 0 Å². The topological polar surface area (TPSA) is 86.3 Å². The molecule has 4 rings (SSSR count). The maximum atomic E-state index is 13.5. The molecule has 162 valence electrons. The summed E-state index contributed by atoms with van der Waals surface area (Å²) < 4.78 is 0. The van der Waals surface area contributed by atoms with Gasteiger partial charge in [-0.25, -0.2) is 9.78 Å². The van der Waals surface area contributed by atoms with Crippen LogP contribution >= 0.6 is 23.2 Å². The van der Waals surface area contributed by atoms with Gasteiger partial charge < -0.3 is 15.0 Å². The number of hydrogen-bond acceptors (Lipinski definition) is 3. The summed E-state index contributed by atoms with van der Waals surface area (Å²) in [5.41, 5.74) is 3.10. The number of nitrogens with zero attached hydrogens (tertiary/aromatic N) is 2. The molecule has 1 aliphatic heterocycles. The van der Waals surface area contributed by atoms with Gasteiger partial charge in [-0.2, -0.15) is 0 Å². The van der Waals surface area contributed by atoms with Crippen LogP contribution in [-0.4, -0.2) is 38.4 Å². The lowest BCUT2D eigenvalue weighted by Gasteiger charge is -2.36. The number of aromatic carboxylic acids is 1. The number of imidazole rings is 1. The Morgan fingerprint density at radius 2 is 1.90 bits per heavy atom. The number of benzene rings is 2. The van der Waals surface area contributed by atoms with Crippen LogP contribution < -0.4 is 0 Å². The van der Waals surface area contributed by atoms with Gasteiger partial charge in [-0.3, -0.25) is 4.79 Å². The summed E-state index contributed by atoms with van der Waals surface area (Å²) in [4.78, 5) is 34.4. The predicted octanol–water partition coefficient (Wildman–Crippen LogP) is 5.54. The quantitative estimate of drug-likeness (QED) is 0.538. The van der Waals surface area contributed by atoms with Gasteiger partial charge in [0.05, 0.1) is 33.2 Å². The fourth-order valence-corrected chi connectivity index (χ4v) is 4.13. The largest absolute Gasteiger partial charge is 0.478 e. The Labute approximate surface area is 190 Å². The Kier molecular flexibility index (Phi) is 7.03. The van der Waals surface area contributed by atoms with Crippen LogP contribution in [0.15, 0.2) is 42.7 Å². The van der Waals surface area contributed by atoms with E-state index in [9.17, 15) is 14.7 Å². The van der Waals surface area contributed by atoms with Gasteiger partial charge in [-0.05, 0) is 25.1 Å². The second-order valence-electron chi connectivity index (χ2n) is 6.91. The van der Waals surface area contributed by atoms with Gasteiger partial charge in [-0.1, -0.05) is 60.8 Å². The molecule has 1 unspecified atom stereocenters. The fourth-order valence-electron chi connectivity index (χ4n) is 3.72. The minimum atomic E-state index is -1.15. The van der Waals surface area contributed by atoms with Crippen molar-refractivity contribution in [3.63, 3.8) is 0 Å². The average molecular weight is 460 g/mol. The minimum Gasteiger partial charge on any atom is -0.478 e. The van der Waals surface area contributed by atoms with Crippen molar-refractivity contribution in [3.05, 3.63) is 86.4 Å². The van der Waals surface area contributed by atoms with E-state index in [1.165, 1.54) is 6.07 Å². The van der Waals surface area contributed by atoms with Gasteiger partial charge in [-0.15, -0.1) is 0 Å². The van der Waals surface area contributed by atoms with E-state index in [1.807, 2.05) is 13.8 Å². The highest BCUT2D eigenvalue weighted by molar-refractivity contribution is 6.42. The number of rotatable bonds is 3. The average Bonchev–Trinajstić information content (AvgIpc) is 3.25. The third kappa shape index (κ3) is 4.31. The maximum absolute atomic E-state index is 13.5. The third-order valence-electron chi connectivity index (χ3n) is 5.10. The van der Waals surface area contributed by atoms with Crippen LogP contribution in [0.1, 0.15) is 63.1 Å². The van der Waals surface area contributed by atoms with E-state index in [0.29, 0.717) is 34.3 Å². The van der Waals surface area contributed by atoms with E-state index < -0.39 is 17.9 Å².